The van der Waals surface area contributed by atoms with E-state index in [1.807, 2.05) is 17.0 Å². The Morgan fingerprint density at radius 3 is 2.20 bits per heavy atom. The van der Waals surface area contributed by atoms with Gasteiger partial charge in [-0.3, -0.25) is 0 Å². The highest BCUT2D eigenvalue weighted by Crippen LogP contribution is 2.29. The lowest BCUT2D eigenvalue weighted by Gasteiger charge is -2.34. The Balaban J connectivity index is 1.45. The summed E-state index contributed by atoms with van der Waals surface area (Å²) in [5.74, 6) is 0.342. The molecule has 1 fully saturated rings. The van der Waals surface area contributed by atoms with Crippen LogP contribution in [0, 0.1) is 5.82 Å². The molecule has 30 heavy (non-hydrogen) atoms. The Bertz CT molecular complexity index is 1150. The number of hydrogen-bond donors (Lipinski definition) is 0. The highest BCUT2D eigenvalue weighted by molar-refractivity contribution is 7.89. The molecule has 0 atom stereocenters. The van der Waals surface area contributed by atoms with Gasteiger partial charge in [-0.25, -0.2) is 12.8 Å². The smallest absolute Gasteiger partial charge is 0.244 e. The van der Waals surface area contributed by atoms with E-state index >= 15 is 0 Å². The van der Waals surface area contributed by atoms with Gasteiger partial charge in [0.25, 0.3) is 0 Å². The highest BCUT2D eigenvalue weighted by atomic mass is 35.5. The van der Waals surface area contributed by atoms with E-state index in [1.165, 1.54) is 28.6 Å². The molecule has 0 spiro atoms. The number of piperazine rings is 1. The lowest BCUT2D eigenvalue weighted by atomic mass is 10.1. The molecule has 1 aliphatic heterocycles. The van der Waals surface area contributed by atoms with Gasteiger partial charge in [0.2, 0.25) is 10.0 Å². The molecule has 10 heteroatoms. The van der Waals surface area contributed by atoms with Gasteiger partial charge in [-0.2, -0.15) is 4.31 Å². The predicted molar refractivity (Wildman–Crippen MR) is 115 cm³/mol. The maximum atomic E-state index is 13.1. The molecule has 0 radical (unpaired) electrons. The number of hydrogen-bond acceptors (Lipinski definition) is 5. The Kier molecular flexibility index (Phi) is 5.92. The quantitative estimate of drug-likeness (QED) is 0.578. The molecule has 0 unspecified atom stereocenters. The van der Waals surface area contributed by atoms with Gasteiger partial charge in [0.1, 0.15) is 10.7 Å². The molecular weight excluding hydrogens is 450 g/mol. The Labute approximate surface area is 183 Å². The molecule has 2 heterocycles. The first-order chi connectivity index (χ1) is 14.3. The van der Waals surface area contributed by atoms with Crippen molar-refractivity contribution in [3.05, 3.63) is 70.5 Å². The average Bonchev–Trinajstić information content (AvgIpc) is 2.76. The normalized spacial score (nSPS) is 15.4. The monoisotopic (exact) mass is 466 g/mol. The van der Waals surface area contributed by atoms with E-state index in [1.54, 1.807) is 18.2 Å². The number of aromatic nitrogens is 2. The van der Waals surface area contributed by atoms with Crippen molar-refractivity contribution in [1.29, 1.82) is 0 Å². The summed E-state index contributed by atoms with van der Waals surface area (Å²) in [5, 5.41) is 8.92. The van der Waals surface area contributed by atoms with Crippen LogP contribution in [0.25, 0.3) is 11.3 Å². The fourth-order valence-electron chi connectivity index (χ4n) is 3.24. The minimum Gasteiger partial charge on any atom is -0.352 e. The first kappa shape index (κ1) is 21.0. The zero-order valence-electron chi connectivity index (χ0n) is 15.7. The standard InChI is InChI=1S/C20H17Cl2FN4O2S/c21-15-3-6-17(22)19(13-15)30(28,29)27-11-9-26(10-12-27)20-8-7-18(24-25-20)14-1-4-16(23)5-2-14/h1-8,13H,9-12H2. The zero-order valence-corrected chi connectivity index (χ0v) is 18.0. The molecule has 0 N–H and O–H groups in total. The van der Waals surface area contributed by atoms with Crippen molar-refractivity contribution in [3.8, 4) is 11.3 Å². The zero-order chi connectivity index (χ0) is 21.3. The second kappa shape index (κ2) is 8.47. The molecular formula is C20H17Cl2FN4O2S. The minimum atomic E-state index is -3.74. The first-order valence-corrected chi connectivity index (χ1v) is 11.3. The van der Waals surface area contributed by atoms with Crippen LogP contribution in [0.1, 0.15) is 0 Å². The minimum absolute atomic E-state index is 0.00793. The molecule has 156 valence electrons. The lowest BCUT2D eigenvalue weighted by Crippen LogP contribution is -2.49. The van der Waals surface area contributed by atoms with Crippen LogP contribution in [0.2, 0.25) is 10.0 Å². The van der Waals surface area contributed by atoms with Gasteiger partial charge < -0.3 is 4.90 Å². The number of benzene rings is 2. The average molecular weight is 467 g/mol. The van der Waals surface area contributed by atoms with Crippen LogP contribution in [-0.4, -0.2) is 49.1 Å². The van der Waals surface area contributed by atoms with Gasteiger partial charge in [-0.15, -0.1) is 10.2 Å². The summed E-state index contributed by atoms with van der Waals surface area (Å²) >= 11 is 12.0. The third-order valence-corrected chi connectivity index (χ3v) is 7.48. The van der Waals surface area contributed by atoms with E-state index < -0.39 is 10.0 Å². The molecule has 3 aromatic rings. The summed E-state index contributed by atoms with van der Waals surface area (Å²) in [7, 11) is -3.74. The molecule has 1 aliphatic rings. The summed E-state index contributed by atoms with van der Waals surface area (Å²) in [6.07, 6.45) is 0. The molecule has 0 aliphatic carbocycles. The summed E-state index contributed by atoms with van der Waals surface area (Å²) in [4.78, 5) is 1.97. The van der Waals surface area contributed by atoms with E-state index in [9.17, 15) is 12.8 Å². The SMILES string of the molecule is O=S(=O)(c1cc(Cl)ccc1Cl)N1CCN(c2ccc(-c3ccc(F)cc3)nn2)CC1. The third kappa shape index (κ3) is 4.27. The molecule has 0 bridgehead atoms. The second-order valence-corrected chi connectivity index (χ2v) is 9.50. The van der Waals surface area contributed by atoms with Crippen molar-refractivity contribution in [2.75, 3.05) is 31.1 Å². The van der Waals surface area contributed by atoms with E-state index in [4.69, 9.17) is 23.2 Å². The maximum absolute atomic E-state index is 13.1. The fourth-order valence-corrected chi connectivity index (χ4v) is 5.40. The topological polar surface area (TPSA) is 66.4 Å². The molecule has 1 saturated heterocycles. The fraction of sp³-hybridized carbons (Fsp3) is 0.200. The number of halogens is 3. The van der Waals surface area contributed by atoms with Gasteiger partial charge in [-0.05, 0) is 54.6 Å². The highest BCUT2D eigenvalue weighted by Gasteiger charge is 2.30. The summed E-state index contributed by atoms with van der Waals surface area (Å²) in [6, 6.07) is 14.1. The van der Waals surface area contributed by atoms with Crippen LogP contribution in [0.4, 0.5) is 10.2 Å². The van der Waals surface area contributed by atoms with Crippen molar-refractivity contribution < 1.29 is 12.8 Å². The number of nitrogens with zero attached hydrogens (tertiary/aromatic N) is 4. The first-order valence-electron chi connectivity index (χ1n) is 9.14. The summed E-state index contributed by atoms with van der Waals surface area (Å²) in [6.45, 7) is 1.49. The molecule has 6 nitrogen and oxygen atoms in total. The van der Waals surface area contributed by atoms with Crippen LogP contribution in [0.5, 0.6) is 0 Å². The number of anilines is 1. The largest absolute Gasteiger partial charge is 0.352 e. The van der Waals surface area contributed by atoms with Gasteiger partial charge in [0, 0.05) is 36.8 Å². The molecule has 0 amide bonds. The maximum Gasteiger partial charge on any atom is 0.244 e. The molecule has 4 rings (SSSR count). The van der Waals surface area contributed by atoms with E-state index in [2.05, 4.69) is 10.2 Å². The van der Waals surface area contributed by atoms with Crippen LogP contribution < -0.4 is 4.90 Å². The van der Waals surface area contributed by atoms with Crippen molar-refractivity contribution in [1.82, 2.24) is 14.5 Å². The van der Waals surface area contributed by atoms with Crippen molar-refractivity contribution in [2.24, 2.45) is 0 Å². The summed E-state index contributed by atoms with van der Waals surface area (Å²) < 4.78 is 40.3. The predicted octanol–water partition coefficient (Wildman–Crippen LogP) is 4.10. The lowest BCUT2D eigenvalue weighted by molar-refractivity contribution is 0.383. The van der Waals surface area contributed by atoms with Crippen LogP contribution in [-0.2, 0) is 10.0 Å². The Hall–Kier alpha value is -2.26. The molecule has 0 saturated carbocycles. The van der Waals surface area contributed by atoms with Gasteiger partial charge in [0.05, 0.1) is 10.7 Å². The van der Waals surface area contributed by atoms with E-state index in [-0.39, 0.29) is 28.8 Å². The Morgan fingerprint density at radius 2 is 1.57 bits per heavy atom. The van der Waals surface area contributed by atoms with Crippen LogP contribution in [0.15, 0.2) is 59.5 Å². The Morgan fingerprint density at radius 1 is 0.867 bits per heavy atom. The summed E-state index contributed by atoms with van der Waals surface area (Å²) in [5.41, 5.74) is 1.40. The van der Waals surface area contributed by atoms with Crippen molar-refractivity contribution in [2.45, 2.75) is 4.90 Å². The molecule has 2 aromatic carbocycles. The van der Waals surface area contributed by atoms with E-state index in [0.717, 1.165) is 5.56 Å². The number of sulfonamides is 1. The van der Waals surface area contributed by atoms with Crippen LogP contribution in [0.3, 0.4) is 0 Å². The van der Waals surface area contributed by atoms with Crippen molar-refractivity contribution >= 4 is 39.0 Å². The third-order valence-electron chi connectivity index (χ3n) is 4.86. The van der Waals surface area contributed by atoms with Gasteiger partial charge in [-0.1, -0.05) is 23.2 Å². The second-order valence-electron chi connectivity index (χ2n) is 6.75. The van der Waals surface area contributed by atoms with Crippen molar-refractivity contribution in [3.63, 3.8) is 0 Å². The van der Waals surface area contributed by atoms with Gasteiger partial charge in [0.15, 0.2) is 5.82 Å². The van der Waals surface area contributed by atoms with E-state index in [0.29, 0.717) is 29.6 Å². The number of rotatable bonds is 4. The molecule has 1 aromatic heterocycles. The van der Waals surface area contributed by atoms with Crippen LogP contribution >= 0.6 is 23.2 Å². The van der Waals surface area contributed by atoms with Gasteiger partial charge >= 0.3 is 0 Å².